The number of aromatic nitrogens is 3. The molecule has 0 saturated heterocycles. The molecule has 0 saturated carbocycles. The molecule has 1 aliphatic heterocycles. The molecule has 0 unspecified atom stereocenters. The maximum atomic E-state index is 14.5. The standard InChI is InChI=1S/C31H37N6O5/c1-17(2)23(34-25(39)20-12-10-14-33-16-20)27(40)37-21-13-9-8-11-19(21)15-22(37)31(18(3)4,28(32)41)24(38)26-35-36-29(42-26)30(5,6)7/h8-14,16-18,22-23,32H,15H2,1-7H3,(H,34,39)/t22-,23-,31-/m0/s1. The molecule has 3 amide bonds. The smallest absolute Gasteiger partial charge is 0.285 e. The van der Waals surface area contributed by atoms with Crippen molar-refractivity contribution in [3.05, 3.63) is 71.7 Å². The van der Waals surface area contributed by atoms with Gasteiger partial charge in [0.1, 0.15) is 11.5 Å². The fourth-order valence-electron chi connectivity index (χ4n) is 5.52. The number of nitrogens with zero attached hydrogens (tertiary/aromatic N) is 4. The van der Waals surface area contributed by atoms with Gasteiger partial charge in [-0.25, -0.2) is 0 Å². The van der Waals surface area contributed by atoms with Crippen LogP contribution in [0.25, 0.3) is 0 Å². The zero-order valence-corrected chi connectivity index (χ0v) is 25.0. The lowest BCUT2D eigenvalue weighted by atomic mass is 9.66. The number of benzene rings is 1. The Hall–Kier alpha value is -4.41. The van der Waals surface area contributed by atoms with Crippen LogP contribution in [0.4, 0.5) is 5.69 Å². The summed E-state index contributed by atoms with van der Waals surface area (Å²) < 4.78 is 5.76. The second-order valence-electron chi connectivity index (χ2n) is 12.3. The Morgan fingerprint density at radius 2 is 1.71 bits per heavy atom. The van der Waals surface area contributed by atoms with Crippen LogP contribution in [0.15, 0.2) is 53.2 Å². The fourth-order valence-corrected chi connectivity index (χ4v) is 5.52. The van der Waals surface area contributed by atoms with Crippen LogP contribution in [0.3, 0.4) is 0 Å². The largest absolute Gasteiger partial charge is 0.418 e. The van der Waals surface area contributed by atoms with E-state index in [1.54, 1.807) is 58.2 Å². The topological polar surface area (TPSA) is 159 Å². The number of carbonyl (C=O) groups is 4. The van der Waals surface area contributed by atoms with Crippen LogP contribution in [0.5, 0.6) is 0 Å². The Morgan fingerprint density at radius 3 is 2.26 bits per heavy atom. The summed E-state index contributed by atoms with van der Waals surface area (Å²) >= 11 is 0. The van der Waals surface area contributed by atoms with Crippen LogP contribution < -0.4 is 16.0 Å². The summed E-state index contributed by atoms with van der Waals surface area (Å²) in [6.07, 6.45) is 3.09. The fraction of sp³-hybridized carbons (Fsp3) is 0.452. The maximum absolute atomic E-state index is 14.5. The minimum absolute atomic E-state index is 0.137. The van der Waals surface area contributed by atoms with E-state index in [4.69, 9.17) is 10.2 Å². The van der Waals surface area contributed by atoms with Gasteiger partial charge in [0.05, 0.1) is 11.6 Å². The first-order valence-corrected chi connectivity index (χ1v) is 14.0. The van der Waals surface area contributed by atoms with Crippen molar-refractivity contribution in [2.75, 3.05) is 4.90 Å². The summed E-state index contributed by atoms with van der Waals surface area (Å²) in [5.41, 5.74) is 7.41. The molecule has 1 radical (unpaired) electrons. The molecule has 11 heteroatoms. The van der Waals surface area contributed by atoms with Crippen LogP contribution >= 0.6 is 0 Å². The van der Waals surface area contributed by atoms with E-state index in [1.807, 2.05) is 32.9 Å². The lowest BCUT2D eigenvalue weighted by molar-refractivity contribution is -0.130. The lowest BCUT2D eigenvalue weighted by Crippen LogP contribution is -2.63. The summed E-state index contributed by atoms with van der Waals surface area (Å²) in [6.45, 7) is 12.5. The molecular formula is C31H37N6O5. The highest BCUT2D eigenvalue weighted by molar-refractivity contribution is 6.14. The summed E-state index contributed by atoms with van der Waals surface area (Å²) in [7, 11) is 0. The van der Waals surface area contributed by atoms with Gasteiger partial charge in [-0.3, -0.25) is 29.9 Å². The van der Waals surface area contributed by atoms with Gasteiger partial charge in [0.25, 0.3) is 17.7 Å². The molecule has 3 atom stereocenters. The number of carbonyl (C=O) groups excluding carboxylic acids is 4. The number of anilines is 1. The SMILES string of the molecule is CC(C)[C@H](NC(=O)c1cccnc1)C(=O)N1c2ccccc2C[C@H]1[C@](C([NH])=O)(C(=O)c1nnc(C(C)(C)C)o1)C(C)C. The first-order valence-electron chi connectivity index (χ1n) is 14.0. The summed E-state index contributed by atoms with van der Waals surface area (Å²) in [5.74, 6) is -4.21. The summed E-state index contributed by atoms with van der Waals surface area (Å²) in [5, 5.41) is 10.8. The zero-order chi connectivity index (χ0) is 31.0. The normalized spacial score (nSPS) is 17.1. The Labute approximate surface area is 245 Å². The molecule has 3 heterocycles. The van der Waals surface area contributed by atoms with E-state index in [0.29, 0.717) is 5.69 Å². The van der Waals surface area contributed by atoms with Crippen LogP contribution in [-0.2, 0) is 21.4 Å². The zero-order valence-electron chi connectivity index (χ0n) is 25.0. The number of nitrogens with one attached hydrogen (secondary N) is 2. The quantitative estimate of drug-likeness (QED) is 0.299. The third-order valence-electron chi connectivity index (χ3n) is 7.81. The van der Waals surface area contributed by atoms with Crippen molar-refractivity contribution in [3.63, 3.8) is 0 Å². The summed E-state index contributed by atoms with van der Waals surface area (Å²) in [6, 6.07) is 8.25. The van der Waals surface area contributed by atoms with Crippen molar-refractivity contribution in [2.24, 2.45) is 17.3 Å². The molecule has 2 aromatic heterocycles. The third-order valence-corrected chi connectivity index (χ3v) is 7.81. The van der Waals surface area contributed by atoms with E-state index >= 15 is 0 Å². The van der Waals surface area contributed by atoms with Gasteiger partial charge in [-0.05, 0) is 42.0 Å². The van der Waals surface area contributed by atoms with E-state index in [-0.39, 0.29) is 29.7 Å². The molecule has 42 heavy (non-hydrogen) atoms. The van der Waals surface area contributed by atoms with Gasteiger partial charge >= 0.3 is 0 Å². The number of ketones is 1. The van der Waals surface area contributed by atoms with Crippen LogP contribution in [-0.4, -0.2) is 50.8 Å². The number of amides is 3. The van der Waals surface area contributed by atoms with E-state index in [0.717, 1.165) is 5.56 Å². The van der Waals surface area contributed by atoms with Gasteiger partial charge in [-0.15, -0.1) is 10.2 Å². The van der Waals surface area contributed by atoms with Gasteiger partial charge in [-0.2, -0.15) is 0 Å². The Morgan fingerprint density at radius 1 is 1.02 bits per heavy atom. The van der Waals surface area contributed by atoms with Gasteiger partial charge in [-0.1, -0.05) is 66.7 Å². The van der Waals surface area contributed by atoms with Crippen LogP contribution in [0.1, 0.15) is 81.0 Å². The van der Waals surface area contributed by atoms with Crippen LogP contribution in [0, 0.1) is 17.3 Å². The number of fused-ring (bicyclic) bond motifs is 1. The minimum atomic E-state index is -2.04. The Balaban J connectivity index is 1.84. The molecule has 0 spiro atoms. The van der Waals surface area contributed by atoms with E-state index in [1.165, 1.54) is 11.1 Å². The van der Waals surface area contributed by atoms with E-state index in [9.17, 15) is 19.2 Å². The molecule has 2 N–H and O–H groups in total. The predicted octanol–water partition coefficient (Wildman–Crippen LogP) is 3.81. The first-order chi connectivity index (χ1) is 19.7. The first kappa shape index (κ1) is 30.5. The number of para-hydroxylation sites is 1. The number of hydrogen-bond donors (Lipinski definition) is 1. The molecule has 0 bridgehead atoms. The molecule has 0 aliphatic carbocycles. The third kappa shape index (κ3) is 5.31. The van der Waals surface area contributed by atoms with E-state index < -0.39 is 52.3 Å². The monoisotopic (exact) mass is 573 g/mol. The van der Waals surface area contributed by atoms with Gasteiger partial charge in [0.15, 0.2) is 0 Å². The molecule has 4 rings (SSSR count). The van der Waals surface area contributed by atoms with Crippen molar-refractivity contribution < 1.29 is 23.6 Å². The second-order valence-corrected chi connectivity index (χ2v) is 12.3. The van der Waals surface area contributed by atoms with Crippen molar-refractivity contribution >= 4 is 29.2 Å². The van der Waals surface area contributed by atoms with Gasteiger partial charge in [0, 0.05) is 23.5 Å². The Bertz CT molecular complexity index is 1490. The highest BCUT2D eigenvalue weighted by Gasteiger charge is 2.61. The van der Waals surface area contributed by atoms with Crippen molar-refractivity contribution in [3.8, 4) is 0 Å². The van der Waals surface area contributed by atoms with Crippen molar-refractivity contribution in [1.29, 1.82) is 0 Å². The predicted molar refractivity (Wildman–Crippen MR) is 154 cm³/mol. The molecule has 1 aromatic carbocycles. The molecule has 11 nitrogen and oxygen atoms in total. The van der Waals surface area contributed by atoms with Crippen molar-refractivity contribution in [2.45, 2.75) is 72.4 Å². The molecular weight excluding hydrogens is 536 g/mol. The summed E-state index contributed by atoms with van der Waals surface area (Å²) in [4.78, 5) is 60.7. The lowest BCUT2D eigenvalue weighted by Gasteiger charge is -2.42. The number of hydrogen-bond acceptors (Lipinski definition) is 8. The second kappa shape index (κ2) is 11.5. The highest BCUT2D eigenvalue weighted by Crippen LogP contribution is 2.46. The molecule has 3 aromatic rings. The number of Topliss-reactive ketones (excluding diaryl/α,β-unsaturated/α-hetero) is 1. The van der Waals surface area contributed by atoms with Crippen molar-refractivity contribution in [1.82, 2.24) is 26.2 Å². The average molecular weight is 574 g/mol. The Kier molecular flexibility index (Phi) is 8.34. The number of rotatable bonds is 9. The molecule has 0 fully saturated rings. The maximum Gasteiger partial charge on any atom is 0.285 e. The van der Waals surface area contributed by atoms with Gasteiger partial charge < -0.3 is 14.6 Å². The van der Waals surface area contributed by atoms with Gasteiger partial charge in [0.2, 0.25) is 17.6 Å². The molecule has 1 aliphatic rings. The number of pyridine rings is 1. The van der Waals surface area contributed by atoms with Crippen LogP contribution in [0.2, 0.25) is 0 Å². The molecule has 221 valence electrons. The highest BCUT2D eigenvalue weighted by atomic mass is 16.4. The van der Waals surface area contributed by atoms with E-state index in [2.05, 4.69) is 20.5 Å². The average Bonchev–Trinajstić information content (AvgIpc) is 3.57. The minimum Gasteiger partial charge on any atom is -0.418 e.